The highest BCUT2D eigenvalue weighted by Gasteiger charge is 2.33. The Bertz CT molecular complexity index is 389. The lowest BCUT2D eigenvalue weighted by Gasteiger charge is -2.29. The van der Waals surface area contributed by atoms with Crippen LogP contribution in [0.3, 0.4) is 0 Å². The van der Waals surface area contributed by atoms with Crippen LogP contribution in [0.15, 0.2) is 6.33 Å². The van der Waals surface area contributed by atoms with E-state index in [0.717, 1.165) is 37.1 Å². The van der Waals surface area contributed by atoms with Gasteiger partial charge in [-0.15, -0.1) is 0 Å². The molecule has 0 atom stereocenters. The Labute approximate surface area is 101 Å². The summed E-state index contributed by atoms with van der Waals surface area (Å²) in [7, 11) is 0. The Morgan fingerprint density at radius 2 is 2.00 bits per heavy atom. The molecule has 1 aliphatic rings. The van der Waals surface area contributed by atoms with E-state index in [-0.39, 0.29) is 12.1 Å². The molecule has 0 unspecified atom stereocenters. The maximum absolute atomic E-state index is 9.55. The number of nitrogens with one attached hydrogen (secondary N) is 2. The fourth-order valence-electron chi connectivity index (χ4n) is 2.35. The average Bonchev–Trinajstić information content (AvgIpc) is 2.81. The van der Waals surface area contributed by atoms with Gasteiger partial charge >= 0.3 is 0 Å². The number of nitrogens with two attached hydrogens (primary N) is 1. The van der Waals surface area contributed by atoms with Crippen LogP contribution in [-0.4, -0.2) is 27.2 Å². The first-order valence-corrected chi connectivity index (χ1v) is 5.88. The van der Waals surface area contributed by atoms with Crippen LogP contribution in [0.1, 0.15) is 31.2 Å². The zero-order chi connectivity index (χ0) is 12.3. The molecule has 1 aromatic rings. The molecule has 0 aromatic carbocycles. The molecule has 1 fully saturated rings. The quantitative estimate of drug-likeness (QED) is 0.456. The average molecular weight is 237 g/mol. The summed E-state index contributed by atoms with van der Waals surface area (Å²) in [4.78, 5) is 8.25. The first-order chi connectivity index (χ1) is 8.21. The van der Waals surface area contributed by atoms with Crippen LogP contribution in [0, 0.1) is 6.92 Å². The van der Waals surface area contributed by atoms with E-state index in [1.54, 1.807) is 0 Å². The van der Waals surface area contributed by atoms with Gasteiger partial charge in [-0.05, 0) is 19.8 Å². The molecule has 6 nitrogen and oxygen atoms in total. The monoisotopic (exact) mass is 237 g/mol. The van der Waals surface area contributed by atoms with E-state index in [0.29, 0.717) is 5.82 Å². The van der Waals surface area contributed by atoms with E-state index in [1.165, 1.54) is 6.33 Å². The third-order valence-corrected chi connectivity index (χ3v) is 3.47. The van der Waals surface area contributed by atoms with Gasteiger partial charge in [0, 0.05) is 5.56 Å². The Morgan fingerprint density at radius 3 is 2.59 bits per heavy atom. The summed E-state index contributed by atoms with van der Waals surface area (Å²) in [6.07, 6.45) is 5.68. The van der Waals surface area contributed by atoms with Crippen molar-refractivity contribution in [2.24, 2.45) is 5.84 Å². The molecular formula is C11H19N5O. The lowest BCUT2D eigenvalue weighted by atomic mass is 9.98. The van der Waals surface area contributed by atoms with Gasteiger partial charge in [-0.1, -0.05) is 12.8 Å². The van der Waals surface area contributed by atoms with Crippen LogP contribution in [0.25, 0.3) is 0 Å². The van der Waals surface area contributed by atoms with Crippen molar-refractivity contribution in [2.75, 3.05) is 17.3 Å². The van der Waals surface area contributed by atoms with E-state index in [4.69, 9.17) is 5.84 Å². The van der Waals surface area contributed by atoms with E-state index in [1.807, 2.05) is 6.92 Å². The smallest absolute Gasteiger partial charge is 0.148 e. The highest BCUT2D eigenvalue weighted by Crippen LogP contribution is 2.33. The zero-order valence-corrected chi connectivity index (χ0v) is 10.0. The van der Waals surface area contributed by atoms with Crippen molar-refractivity contribution >= 4 is 11.6 Å². The Kier molecular flexibility index (Phi) is 3.44. The molecular weight excluding hydrogens is 218 g/mol. The fourth-order valence-corrected chi connectivity index (χ4v) is 2.35. The third kappa shape index (κ3) is 2.32. The largest absolute Gasteiger partial charge is 0.394 e. The molecule has 0 aliphatic heterocycles. The third-order valence-electron chi connectivity index (χ3n) is 3.47. The summed E-state index contributed by atoms with van der Waals surface area (Å²) < 4.78 is 0. The molecule has 0 saturated heterocycles. The second-order valence-electron chi connectivity index (χ2n) is 4.61. The minimum absolute atomic E-state index is 0.127. The topological polar surface area (TPSA) is 96.1 Å². The van der Waals surface area contributed by atoms with Crippen LogP contribution in [-0.2, 0) is 0 Å². The van der Waals surface area contributed by atoms with Crippen molar-refractivity contribution in [1.82, 2.24) is 9.97 Å². The predicted octanol–water partition coefficient (Wildman–Crippen LogP) is 0.788. The first-order valence-electron chi connectivity index (χ1n) is 5.88. The first kappa shape index (κ1) is 12.1. The molecule has 6 heteroatoms. The Hall–Kier alpha value is -1.40. The Balaban J connectivity index is 2.23. The predicted molar refractivity (Wildman–Crippen MR) is 66.5 cm³/mol. The van der Waals surface area contributed by atoms with Gasteiger partial charge in [0.25, 0.3) is 0 Å². The molecule has 0 spiro atoms. The van der Waals surface area contributed by atoms with Crippen LogP contribution in [0.2, 0.25) is 0 Å². The van der Waals surface area contributed by atoms with Crippen LogP contribution in [0.4, 0.5) is 11.6 Å². The van der Waals surface area contributed by atoms with Crippen molar-refractivity contribution in [1.29, 1.82) is 0 Å². The standard InChI is InChI=1S/C11H19N5O/c1-8-9(13-7-14-10(8)16-12)15-11(6-17)4-2-3-5-11/h7,17H,2-6,12H2,1H3,(H2,13,14,15,16). The Morgan fingerprint density at radius 1 is 1.35 bits per heavy atom. The number of hydrogen-bond acceptors (Lipinski definition) is 6. The van der Waals surface area contributed by atoms with Gasteiger partial charge in [0.2, 0.25) is 0 Å². The zero-order valence-electron chi connectivity index (χ0n) is 10.0. The number of aliphatic hydroxyl groups is 1. The summed E-state index contributed by atoms with van der Waals surface area (Å²) in [6, 6.07) is 0. The maximum atomic E-state index is 9.55. The maximum Gasteiger partial charge on any atom is 0.148 e. The second-order valence-corrected chi connectivity index (χ2v) is 4.61. The highest BCUT2D eigenvalue weighted by atomic mass is 16.3. The van der Waals surface area contributed by atoms with Crippen molar-refractivity contribution in [2.45, 2.75) is 38.1 Å². The summed E-state index contributed by atoms with van der Waals surface area (Å²) in [5.41, 5.74) is 3.18. The number of rotatable bonds is 4. The van der Waals surface area contributed by atoms with Crippen LogP contribution >= 0.6 is 0 Å². The van der Waals surface area contributed by atoms with E-state index >= 15 is 0 Å². The molecule has 1 heterocycles. The fraction of sp³-hybridized carbons (Fsp3) is 0.636. The summed E-state index contributed by atoms with van der Waals surface area (Å²) in [5, 5.41) is 12.9. The molecule has 2 rings (SSSR count). The number of anilines is 2. The van der Waals surface area contributed by atoms with Crippen LogP contribution < -0.4 is 16.6 Å². The van der Waals surface area contributed by atoms with Gasteiger partial charge in [-0.2, -0.15) is 0 Å². The van der Waals surface area contributed by atoms with Crippen molar-refractivity contribution in [3.05, 3.63) is 11.9 Å². The summed E-state index contributed by atoms with van der Waals surface area (Å²) in [5.74, 6) is 6.72. The summed E-state index contributed by atoms with van der Waals surface area (Å²) in [6.45, 7) is 2.03. The van der Waals surface area contributed by atoms with Gasteiger partial charge in [0.15, 0.2) is 0 Å². The highest BCUT2D eigenvalue weighted by molar-refractivity contribution is 5.57. The second kappa shape index (κ2) is 4.85. The minimum atomic E-state index is -0.231. The number of nitrogens with zero attached hydrogens (tertiary/aromatic N) is 2. The lowest BCUT2D eigenvalue weighted by Crippen LogP contribution is -2.39. The molecule has 0 bridgehead atoms. The van der Waals surface area contributed by atoms with Gasteiger partial charge in [0.1, 0.15) is 18.0 Å². The molecule has 1 aromatic heterocycles. The van der Waals surface area contributed by atoms with Crippen molar-refractivity contribution in [3.8, 4) is 0 Å². The molecule has 0 radical (unpaired) electrons. The lowest BCUT2D eigenvalue weighted by molar-refractivity contribution is 0.213. The number of nitrogen functional groups attached to an aromatic ring is 1. The van der Waals surface area contributed by atoms with Gasteiger partial charge < -0.3 is 15.8 Å². The van der Waals surface area contributed by atoms with E-state index in [9.17, 15) is 5.11 Å². The number of hydrogen-bond donors (Lipinski definition) is 4. The SMILES string of the molecule is Cc1c(NN)ncnc1NC1(CO)CCCC1. The molecule has 17 heavy (non-hydrogen) atoms. The molecule has 5 N–H and O–H groups in total. The number of aromatic nitrogens is 2. The van der Waals surface area contributed by atoms with Crippen LogP contribution in [0.5, 0.6) is 0 Å². The molecule has 0 amide bonds. The summed E-state index contributed by atoms with van der Waals surface area (Å²) >= 11 is 0. The van der Waals surface area contributed by atoms with E-state index in [2.05, 4.69) is 20.7 Å². The molecule has 1 saturated carbocycles. The van der Waals surface area contributed by atoms with E-state index < -0.39 is 0 Å². The minimum Gasteiger partial charge on any atom is -0.394 e. The van der Waals surface area contributed by atoms with Crippen molar-refractivity contribution < 1.29 is 5.11 Å². The normalized spacial score (nSPS) is 18.1. The molecule has 1 aliphatic carbocycles. The van der Waals surface area contributed by atoms with Gasteiger partial charge in [-0.3, -0.25) is 0 Å². The molecule has 94 valence electrons. The number of hydrazine groups is 1. The van der Waals surface area contributed by atoms with Gasteiger partial charge in [-0.25, -0.2) is 15.8 Å². The van der Waals surface area contributed by atoms with Crippen molar-refractivity contribution in [3.63, 3.8) is 0 Å². The van der Waals surface area contributed by atoms with Gasteiger partial charge in [0.05, 0.1) is 12.1 Å². The number of aliphatic hydroxyl groups excluding tert-OH is 1.